The molecule has 4 N–H and O–H groups in total. The molecule has 96 valence electrons. The molecule has 1 fully saturated rings. The number of amidine groups is 1. The van der Waals surface area contributed by atoms with Gasteiger partial charge in [-0.1, -0.05) is 36.3 Å². The SMILES string of the molecule is CC1CC1NC(=O)Cc1ccc(C(N)=NO)cc1. The van der Waals surface area contributed by atoms with Crippen molar-refractivity contribution < 1.29 is 10.0 Å². The van der Waals surface area contributed by atoms with Crippen LogP contribution < -0.4 is 11.1 Å². The van der Waals surface area contributed by atoms with Gasteiger partial charge >= 0.3 is 0 Å². The van der Waals surface area contributed by atoms with E-state index in [1.165, 1.54) is 0 Å². The van der Waals surface area contributed by atoms with Crippen LogP contribution in [0.25, 0.3) is 0 Å². The second-order valence-electron chi connectivity index (χ2n) is 4.75. The molecule has 18 heavy (non-hydrogen) atoms. The summed E-state index contributed by atoms with van der Waals surface area (Å²) in [4.78, 5) is 11.7. The highest BCUT2D eigenvalue weighted by Crippen LogP contribution is 2.28. The van der Waals surface area contributed by atoms with Gasteiger partial charge in [0, 0.05) is 11.6 Å². The molecule has 0 aromatic heterocycles. The van der Waals surface area contributed by atoms with Crippen molar-refractivity contribution in [3.63, 3.8) is 0 Å². The molecule has 2 rings (SSSR count). The van der Waals surface area contributed by atoms with E-state index in [-0.39, 0.29) is 11.7 Å². The van der Waals surface area contributed by atoms with E-state index in [4.69, 9.17) is 10.9 Å². The molecule has 0 saturated heterocycles. The number of carbonyl (C=O) groups is 1. The van der Waals surface area contributed by atoms with Crippen LogP contribution in [0.5, 0.6) is 0 Å². The summed E-state index contributed by atoms with van der Waals surface area (Å²) < 4.78 is 0. The van der Waals surface area contributed by atoms with E-state index in [1.54, 1.807) is 12.1 Å². The van der Waals surface area contributed by atoms with Crippen LogP contribution in [0.15, 0.2) is 29.4 Å². The fraction of sp³-hybridized carbons (Fsp3) is 0.385. The minimum Gasteiger partial charge on any atom is -0.409 e. The third kappa shape index (κ3) is 3.00. The van der Waals surface area contributed by atoms with Crippen LogP contribution in [0.3, 0.4) is 0 Å². The summed E-state index contributed by atoms with van der Waals surface area (Å²) in [6, 6.07) is 7.44. The molecule has 0 bridgehead atoms. The Morgan fingerprint density at radius 2 is 2.11 bits per heavy atom. The number of nitrogens with one attached hydrogen (secondary N) is 1. The molecule has 1 aliphatic rings. The average Bonchev–Trinajstić information content (AvgIpc) is 3.04. The number of benzene rings is 1. The van der Waals surface area contributed by atoms with Gasteiger partial charge in [0.05, 0.1) is 6.42 Å². The summed E-state index contributed by atoms with van der Waals surface area (Å²) in [6.45, 7) is 2.12. The van der Waals surface area contributed by atoms with Gasteiger partial charge in [-0.15, -0.1) is 0 Å². The van der Waals surface area contributed by atoms with Gasteiger partial charge in [0.1, 0.15) is 0 Å². The van der Waals surface area contributed by atoms with Gasteiger partial charge in [0.15, 0.2) is 5.84 Å². The fourth-order valence-electron chi connectivity index (χ4n) is 1.82. The minimum atomic E-state index is 0.0425. The van der Waals surface area contributed by atoms with Crippen molar-refractivity contribution in [2.45, 2.75) is 25.8 Å². The third-order valence-corrected chi connectivity index (χ3v) is 3.18. The zero-order valence-electron chi connectivity index (χ0n) is 10.3. The number of carbonyl (C=O) groups excluding carboxylic acids is 1. The van der Waals surface area contributed by atoms with Gasteiger partial charge in [-0.05, 0) is 17.9 Å². The van der Waals surface area contributed by atoms with Gasteiger partial charge in [-0.25, -0.2) is 0 Å². The first kappa shape index (κ1) is 12.4. The number of oxime groups is 1. The molecule has 0 spiro atoms. The quantitative estimate of drug-likeness (QED) is 0.319. The second kappa shape index (κ2) is 5.08. The number of hydrogen-bond acceptors (Lipinski definition) is 3. The highest BCUT2D eigenvalue weighted by molar-refractivity contribution is 5.97. The van der Waals surface area contributed by atoms with Crippen LogP contribution >= 0.6 is 0 Å². The van der Waals surface area contributed by atoms with Crippen molar-refractivity contribution in [2.75, 3.05) is 0 Å². The first-order chi connectivity index (χ1) is 8.60. The Hall–Kier alpha value is -2.04. The first-order valence-electron chi connectivity index (χ1n) is 5.96. The lowest BCUT2D eigenvalue weighted by atomic mass is 10.1. The van der Waals surface area contributed by atoms with Crippen LogP contribution in [0.1, 0.15) is 24.5 Å². The zero-order chi connectivity index (χ0) is 13.1. The first-order valence-corrected chi connectivity index (χ1v) is 5.96. The molecule has 1 aromatic carbocycles. The molecule has 2 unspecified atom stereocenters. The molecular formula is C13H17N3O2. The van der Waals surface area contributed by atoms with E-state index < -0.39 is 0 Å². The molecule has 5 nitrogen and oxygen atoms in total. The van der Waals surface area contributed by atoms with E-state index >= 15 is 0 Å². The predicted molar refractivity (Wildman–Crippen MR) is 68.4 cm³/mol. The Balaban J connectivity index is 1.91. The predicted octanol–water partition coefficient (Wildman–Crippen LogP) is 0.848. The second-order valence-corrected chi connectivity index (χ2v) is 4.75. The van der Waals surface area contributed by atoms with Crippen molar-refractivity contribution >= 4 is 11.7 Å². The third-order valence-electron chi connectivity index (χ3n) is 3.18. The summed E-state index contributed by atoms with van der Waals surface area (Å²) in [5.41, 5.74) is 7.00. The summed E-state index contributed by atoms with van der Waals surface area (Å²) in [7, 11) is 0. The minimum absolute atomic E-state index is 0.0425. The van der Waals surface area contributed by atoms with Crippen molar-refractivity contribution in [2.24, 2.45) is 16.8 Å². The van der Waals surface area contributed by atoms with Crippen molar-refractivity contribution in [1.82, 2.24) is 5.32 Å². The van der Waals surface area contributed by atoms with Crippen LogP contribution in [0.4, 0.5) is 0 Å². The summed E-state index contributed by atoms with van der Waals surface area (Å²) in [5, 5.41) is 14.4. The van der Waals surface area contributed by atoms with E-state index in [9.17, 15) is 4.79 Å². The molecular weight excluding hydrogens is 230 g/mol. The molecule has 5 heteroatoms. The maximum absolute atomic E-state index is 11.7. The maximum atomic E-state index is 11.7. The summed E-state index contributed by atoms with van der Waals surface area (Å²) in [6.07, 6.45) is 1.44. The largest absolute Gasteiger partial charge is 0.409 e. The highest BCUT2D eigenvalue weighted by atomic mass is 16.4. The van der Waals surface area contributed by atoms with Gasteiger partial charge in [-0.3, -0.25) is 4.79 Å². The lowest BCUT2D eigenvalue weighted by Gasteiger charge is -2.05. The van der Waals surface area contributed by atoms with Crippen molar-refractivity contribution in [3.8, 4) is 0 Å². The molecule has 1 aromatic rings. The number of amides is 1. The Kier molecular flexibility index (Phi) is 3.50. The molecule has 1 saturated carbocycles. The van der Waals surface area contributed by atoms with Crippen molar-refractivity contribution in [1.29, 1.82) is 0 Å². The Morgan fingerprint density at radius 3 is 2.61 bits per heavy atom. The standard InChI is InChI=1S/C13H17N3O2/c1-8-6-11(8)15-12(17)7-9-2-4-10(5-3-9)13(14)16-18/h2-5,8,11,18H,6-7H2,1H3,(H2,14,16)(H,15,17). The molecule has 0 aliphatic heterocycles. The Bertz CT molecular complexity index is 468. The number of nitrogens with zero attached hydrogens (tertiary/aromatic N) is 1. The molecule has 1 amide bonds. The normalized spacial score (nSPS) is 22.6. The topological polar surface area (TPSA) is 87.7 Å². The lowest BCUT2D eigenvalue weighted by Crippen LogP contribution is -2.28. The smallest absolute Gasteiger partial charge is 0.224 e. The Morgan fingerprint density at radius 1 is 1.50 bits per heavy atom. The van der Waals surface area contributed by atoms with E-state index in [0.29, 0.717) is 23.9 Å². The van der Waals surface area contributed by atoms with Gasteiger partial charge < -0.3 is 16.3 Å². The number of nitrogens with two attached hydrogens (primary N) is 1. The zero-order valence-corrected chi connectivity index (χ0v) is 10.3. The fourth-order valence-corrected chi connectivity index (χ4v) is 1.82. The van der Waals surface area contributed by atoms with E-state index in [1.807, 2.05) is 12.1 Å². The van der Waals surface area contributed by atoms with Crippen molar-refractivity contribution in [3.05, 3.63) is 35.4 Å². The van der Waals surface area contributed by atoms with Crippen LogP contribution in [-0.4, -0.2) is 23.0 Å². The summed E-state index contributed by atoms with van der Waals surface area (Å²) >= 11 is 0. The van der Waals surface area contributed by atoms with Crippen LogP contribution in [-0.2, 0) is 11.2 Å². The van der Waals surface area contributed by atoms with Gasteiger partial charge in [0.25, 0.3) is 0 Å². The van der Waals surface area contributed by atoms with E-state index in [0.717, 1.165) is 12.0 Å². The molecule has 0 heterocycles. The lowest BCUT2D eigenvalue weighted by molar-refractivity contribution is -0.120. The monoisotopic (exact) mass is 247 g/mol. The van der Waals surface area contributed by atoms with Gasteiger partial charge in [-0.2, -0.15) is 0 Å². The van der Waals surface area contributed by atoms with Crippen LogP contribution in [0, 0.1) is 5.92 Å². The average molecular weight is 247 g/mol. The maximum Gasteiger partial charge on any atom is 0.224 e. The highest BCUT2D eigenvalue weighted by Gasteiger charge is 2.33. The van der Waals surface area contributed by atoms with Gasteiger partial charge in [0.2, 0.25) is 5.91 Å². The number of hydrogen-bond donors (Lipinski definition) is 3. The Labute approximate surface area is 106 Å². The summed E-state index contributed by atoms with van der Waals surface area (Å²) in [5.74, 6) is 0.718. The molecule has 0 radical (unpaired) electrons. The number of rotatable bonds is 4. The van der Waals surface area contributed by atoms with E-state index in [2.05, 4.69) is 17.4 Å². The molecule has 2 atom stereocenters. The molecule has 1 aliphatic carbocycles. The van der Waals surface area contributed by atoms with Crippen LogP contribution in [0.2, 0.25) is 0 Å².